The molecular weight excluding hydrogens is 214 g/mol. The quantitative estimate of drug-likeness (QED) is 0.838. The van der Waals surface area contributed by atoms with E-state index in [9.17, 15) is 0 Å². The van der Waals surface area contributed by atoms with Crippen molar-refractivity contribution in [3.63, 3.8) is 0 Å². The molecule has 0 saturated heterocycles. The molecule has 2 N–H and O–H groups in total. The number of tetrazole rings is 1. The van der Waals surface area contributed by atoms with Crippen LogP contribution < -0.4 is 5.73 Å². The van der Waals surface area contributed by atoms with Crippen LogP contribution in [0.15, 0.2) is 24.3 Å². The fourth-order valence-electron chi connectivity index (χ4n) is 1.42. The zero-order chi connectivity index (χ0) is 10.8. The number of halogens is 1. The average molecular weight is 224 g/mol. The number of nitrogen functional groups attached to an aromatic ring is 1. The van der Waals surface area contributed by atoms with Crippen LogP contribution in [0.25, 0.3) is 0 Å². The number of hydrogen-bond acceptors (Lipinski definition) is 4. The van der Waals surface area contributed by atoms with Gasteiger partial charge in [0.1, 0.15) is 0 Å². The maximum absolute atomic E-state index is 6.07. The Kier molecular flexibility index (Phi) is 2.55. The van der Waals surface area contributed by atoms with Crippen LogP contribution in [0.4, 0.5) is 5.95 Å². The van der Waals surface area contributed by atoms with Crippen molar-refractivity contribution in [3.05, 3.63) is 34.9 Å². The molecule has 1 unspecified atom stereocenters. The molecule has 1 atom stereocenters. The molecule has 0 bridgehead atoms. The van der Waals surface area contributed by atoms with E-state index in [4.69, 9.17) is 17.3 Å². The lowest BCUT2D eigenvalue weighted by Gasteiger charge is -2.13. The SMILES string of the molecule is CC(c1ccccc1Cl)n1nnnc1N. The lowest BCUT2D eigenvalue weighted by Crippen LogP contribution is -2.12. The number of aromatic nitrogens is 4. The highest BCUT2D eigenvalue weighted by Crippen LogP contribution is 2.25. The molecule has 1 aromatic heterocycles. The van der Waals surface area contributed by atoms with Crippen LogP contribution in [-0.2, 0) is 0 Å². The number of rotatable bonds is 2. The Morgan fingerprint density at radius 3 is 2.73 bits per heavy atom. The van der Waals surface area contributed by atoms with Gasteiger partial charge in [0.15, 0.2) is 0 Å². The number of hydrogen-bond donors (Lipinski definition) is 1. The molecule has 2 aromatic rings. The standard InChI is InChI=1S/C9H10ClN5/c1-6(15-9(11)12-13-14-15)7-4-2-3-5-8(7)10/h2-6H,1H3,(H2,11,12,14). The third-order valence-electron chi connectivity index (χ3n) is 2.24. The van der Waals surface area contributed by atoms with E-state index in [-0.39, 0.29) is 12.0 Å². The molecule has 0 aliphatic rings. The maximum atomic E-state index is 6.07. The minimum atomic E-state index is -0.0753. The maximum Gasteiger partial charge on any atom is 0.240 e. The van der Waals surface area contributed by atoms with Gasteiger partial charge in [-0.3, -0.25) is 0 Å². The molecule has 0 amide bonds. The van der Waals surface area contributed by atoms with Crippen molar-refractivity contribution in [3.8, 4) is 0 Å². The normalized spacial score (nSPS) is 12.7. The van der Waals surface area contributed by atoms with Crippen LogP contribution in [-0.4, -0.2) is 20.2 Å². The molecule has 1 aromatic carbocycles. The van der Waals surface area contributed by atoms with Gasteiger partial charge in [-0.15, -0.1) is 0 Å². The Hall–Kier alpha value is -1.62. The second-order valence-electron chi connectivity index (χ2n) is 3.18. The van der Waals surface area contributed by atoms with Crippen molar-refractivity contribution in [1.82, 2.24) is 20.2 Å². The van der Waals surface area contributed by atoms with Crippen LogP contribution in [0.1, 0.15) is 18.5 Å². The molecule has 78 valence electrons. The van der Waals surface area contributed by atoms with Gasteiger partial charge in [-0.1, -0.05) is 34.9 Å². The average Bonchev–Trinajstić information content (AvgIpc) is 2.64. The lowest BCUT2D eigenvalue weighted by molar-refractivity contribution is 0.550. The first kappa shape index (κ1) is 9.92. The summed E-state index contributed by atoms with van der Waals surface area (Å²) in [6.07, 6.45) is 0. The molecule has 0 radical (unpaired) electrons. The van der Waals surface area contributed by atoms with Crippen molar-refractivity contribution >= 4 is 17.5 Å². The summed E-state index contributed by atoms with van der Waals surface area (Å²) in [5.41, 5.74) is 6.56. The molecule has 0 saturated carbocycles. The van der Waals surface area contributed by atoms with Crippen molar-refractivity contribution in [2.45, 2.75) is 13.0 Å². The molecule has 15 heavy (non-hydrogen) atoms. The summed E-state index contributed by atoms with van der Waals surface area (Å²) in [6, 6.07) is 7.47. The van der Waals surface area contributed by atoms with Gasteiger partial charge < -0.3 is 5.73 Å². The summed E-state index contributed by atoms with van der Waals surface area (Å²) in [7, 11) is 0. The number of nitrogens with zero attached hydrogens (tertiary/aromatic N) is 4. The van der Waals surface area contributed by atoms with Gasteiger partial charge in [0, 0.05) is 5.02 Å². The van der Waals surface area contributed by atoms with E-state index < -0.39 is 0 Å². The molecular formula is C9H10ClN5. The molecule has 0 spiro atoms. The molecule has 6 heteroatoms. The Bertz CT molecular complexity index is 467. The predicted octanol–water partition coefficient (Wildman–Crippen LogP) is 1.52. The minimum absolute atomic E-state index is 0.0753. The Morgan fingerprint density at radius 1 is 1.40 bits per heavy atom. The van der Waals surface area contributed by atoms with Crippen LogP contribution in [0, 0.1) is 0 Å². The molecule has 0 aliphatic carbocycles. The molecule has 5 nitrogen and oxygen atoms in total. The van der Waals surface area contributed by atoms with E-state index in [0.717, 1.165) is 5.56 Å². The smallest absolute Gasteiger partial charge is 0.240 e. The third kappa shape index (κ3) is 1.78. The first-order valence-electron chi connectivity index (χ1n) is 4.48. The van der Waals surface area contributed by atoms with Crippen LogP contribution in [0.2, 0.25) is 5.02 Å². The van der Waals surface area contributed by atoms with E-state index in [0.29, 0.717) is 5.02 Å². The highest BCUT2D eigenvalue weighted by Gasteiger charge is 2.14. The summed E-state index contributed by atoms with van der Waals surface area (Å²) in [6.45, 7) is 1.94. The Labute approximate surface area is 91.8 Å². The predicted molar refractivity (Wildman–Crippen MR) is 57.5 cm³/mol. The van der Waals surface area contributed by atoms with Crippen molar-refractivity contribution in [2.24, 2.45) is 0 Å². The topological polar surface area (TPSA) is 69.6 Å². The zero-order valence-electron chi connectivity index (χ0n) is 8.13. The molecule has 0 aliphatic heterocycles. The number of anilines is 1. The van der Waals surface area contributed by atoms with Gasteiger partial charge in [-0.05, 0) is 29.0 Å². The summed E-state index contributed by atoms with van der Waals surface area (Å²) < 4.78 is 1.53. The Morgan fingerprint density at radius 2 is 2.13 bits per heavy atom. The van der Waals surface area contributed by atoms with E-state index >= 15 is 0 Å². The lowest BCUT2D eigenvalue weighted by atomic mass is 10.1. The van der Waals surface area contributed by atoms with Gasteiger partial charge >= 0.3 is 0 Å². The summed E-state index contributed by atoms with van der Waals surface area (Å²) in [4.78, 5) is 0. The fourth-order valence-corrected chi connectivity index (χ4v) is 1.72. The van der Waals surface area contributed by atoms with Crippen LogP contribution in [0.5, 0.6) is 0 Å². The van der Waals surface area contributed by atoms with Gasteiger partial charge in [0.25, 0.3) is 0 Å². The largest absolute Gasteiger partial charge is 0.367 e. The highest BCUT2D eigenvalue weighted by atomic mass is 35.5. The number of nitrogens with two attached hydrogens (primary N) is 1. The van der Waals surface area contributed by atoms with Crippen LogP contribution in [0.3, 0.4) is 0 Å². The van der Waals surface area contributed by atoms with Gasteiger partial charge in [0.05, 0.1) is 6.04 Å². The van der Waals surface area contributed by atoms with Crippen molar-refractivity contribution in [2.75, 3.05) is 5.73 Å². The highest BCUT2D eigenvalue weighted by molar-refractivity contribution is 6.31. The van der Waals surface area contributed by atoms with E-state index in [1.807, 2.05) is 31.2 Å². The third-order valence-corrected chi connectivity index (χ3v) is 2.58. The van der Waals surface area contributed by atoms with Crippen molar-refractivity contribution in [1.29, 1.82) is 0 Å². The van der Waals surface area contributed by atoms with E-state index in [2.05, 4.69) is 15.5 Å². The van der Waals surface area contributed by atoms with Crippen molar-refractivity contribution < 1.29 is 0 Å². The van der Waals surface area contributed by atoms with E-state index in [1.165, 1.54) is 4.68 Å². The number of benzene rings is 1. The second kappa shape index (κ2) is 3.86. The second-order valence-corrected chi connectivity index (χ2v) is 3.59. The monoisotopic (exact) mass is 223 g/mol. The van der Waals surface area contributed by atoms with Gasteiger partial charge in [0.2, 0.25) is 5.95 Å². The first-order valence-corrected chi connectivity index (χ1v) is 4.85. The summed E-state index contributed by atoms with van der Waals surface area (Å²) >= 11 is 6.07. The molecule has 1 heterocycles. The minimum Gasteiger partial charge on any atom is -0.367 e. The molecule has 0 fully saturated rings. The van der Waals surface area contributed by atoms with Gasteiger partial charge in [-0.2, -0.15) is 0 Å². The van der Waals surface area contributed by atoms with E-state index in [1.54, 1.807) is 0 Å². The summed E-state index contributed by atoms with van der Waals surface area (Å²) in [5, 5.41) is 11.6. The Balaban J connectivity index is 2.41. The van der Waals surface area contributed by atoms with Crippen LogP contribution >= 0.6 is 11.6 Å². The molecule has 2 rings (SSSR count). The van der Waals surface area contributed by atoms with Gasteiger partial charge in [-0.25, -0.2) is 4.68 Å². The summed E-state index contributed by atoms with van der Waals surface area (Å²) in [5.74, 6) is 0.280. The first-order chi connectivity index (χ1) is 7.20. The fraction of sp³-hybridized carbons (Fsp3) is 0.222. The zero-order valence-corrected chi connectivity index (χ0v) is 8.89.